The third-order valence-corrected chi connectivity index (χ3v) is 0.0639. The summed E-state index contributed by atoms with van der Waals surface area (Å²) in [6, 6.07) is 0. The highest BCUT2D eigenvalue weighted by Crippen LogP contribution is 1.78. The van der Waals surface area contributed by atoms with Gasteiger partial charge >= 0.3 is 6.22 Å². The minimum Gasteiger partial charge on any atom is -0.148 e. The molecule has 0 atom stereocenters. The molecule has 0 N–H and O–H groups in total. The van der Waals surface area contributed by atoms with Gasteiger partial charge in [0.05, 0.1) is 0 Å². The van der Waals surface area contributed by atoms with Crippen LogP contribution in [0.15, 0.2) is 5.21 Å². The Bertz CT molecular complexity index is 44.9. The van der Waals surface area contributed by atoms with Crippen LogP contribution in [0, 0.1) is 0 Å². The summed E-state index contributed by atoms with van der Waals surface area (Å²) in [5.41, 5.74) is 0. The summed E-state index contributed by atoms with van der Waals surface area (Å²) in [4.78, 5) is 0. The van der Waals surface area contributed by atoms with Gasteiger partial charge < -0.3 is 0 Å². The van der Waals surface area contributed by atoms with Crippen LogP contribution in [0.3, 0.4) is 0 Å². The van der Waals surface area contributed by atoms with E-state index in [1.165, 1.54) is 0 Å². The molecule has 0 fully saturated rings. The van der Waals surface area contributed by atoms with Crippen LogP contribution >= 0.6 is 0 Å². The molecule has 30 valence electrons. The van der Waals surface area contributed by atoms with Crippen LogP contribution in [0.2, 0.25) is 0 Å². The molecule has 0 aliphatic carbocycles. The Labute approximate surface area is 26.1 Å². The monoisotopic (exact) mass is 83.0 g/mol. The molecule has 1 nitrogen and oxygen atoms in total. The number of halogens is 3. The highest BCUT2D eigenvalue weighted by atomic mass is 19.3. The largest absolute Gasteiger partial charge is 0.391 e. The van der Waals surface area contributed by atoms with E-state index in [1.807, 2.05) is 0 Å². The fourth-order valence-corrected chi connectivity index (χ4v) is 0. The zero-order valence-electron chi connectivity index (χ0n) is 2.08. The van der Waals surface area contributed by atoms with Crippen LogP contribution in [0.5, 0.6) is 0 Å². The maximum atomic E-state index is 10.1. The molecular weight excluding hydrogens is 83.0 g/mol. The highest BCUT2D eigenvalue weighted by Gasteiger charge is 1.80. The van der Waals surface area contributed by atoms with E-state index < -0.39 is 6.22 Å². The van der Waals surface area contributed by atoms with Gasteiger partial charge in [0.15, 0.2) is 0 Å². The van der Waals surface area contributed by atoms with Crippen LogP contribution in [0.25, 0.3) is 0 Å². The molecule has 0 aliphatic rings. The Morgan fingerprint density at radius 3 is 1.60 bits per heavy atom. The van der Waals surface area contributed by atoms with Crippen molar-refractivity contribution in [3.63, 3.8) is 0 Å². The number of nitrogens with zero attached hydrogens (tertiary/aromatic N) is 1. The van der Waals surface area contributed by atoms with Crippen molar-refractivity contribution in [3.05, 3.63) is 0 Å². The lowest BCUT2D eigenvalue weighted by atomic mass is 11.5. The normalized spacial score (nSPS) is 7.00. The van der Waals surface area contributed by atoms with Gasteiger partial charge in [-0.3, -0.25) is 0 Å². The van der Waals surface area contributed by atoms with Crippen molar-refractivity contribution >= 4 is 6.22 Å². The summed E-state index contributed by atoms with van der Waals surface area (Å²) in [7, 11) is 0. The summed E-state index contributed by atoms with van der Waals surface area (Å²) >= 11 is 0. The molecule has 0 radical (unpaired) electrons. The molecule has 0 saturated carbocycles. The van der Waals surface area contributed by atoms with Crippen LogP contribution in [0.4, 0.5) is 13.3 Å². The van der Waals surface area contributed by atoms with Crippen molar-refractivity contribution in [2.45, 2.75) is 0 Å². The van der Waals surface area contributed by atoms with Gasteiger partial charge in [-0.2, -0.15) is 0 Å². The van der Waals surface area contributed by atoms with E-state index >= 15 is 0 Å². The average Bonchev–Trinajstić information content (AvgIpc) is 1.38. The van der Waals surface area contributed by atoms with E-state index in [1.54, 1.807) is 0 Å². The fourth-order valence-electron chi connectivity index (χ4n) is 0. The molecule has 0 rings (SSSR count). The van der Waals surface area contributed by atoms with Crippen molar-refractivity contribution in [2.75, 3.05) is 0 Å². The van der Waals surface area contributed by atoms with E-state index in [0.717, 1.165) is 5.21 Å². The second-order valence-electron chi connectivity index (χ2n) is 0.325. The van der Waals surface area contributed by atoms with Crippen molar-refractivity contribution < 1.29 is 13.3 Å². The van der Waals surface area contributed by atoms with Gasteiger partial charge in [-0.1, -0.05) is 4.48 Å². The van der Waals surface area contributed by atoms with Gasteiger partial charge in [0.1, 0.15) is 0 Å². The lowest BCUT2D eigenvalue weighted by molar-refractivity contribution is 0.477. The van der Waals surface area contributed by atoms with Gasteiger partial charge in [-0.05, 0) is 5.21 Å². The summed E-state index contributed by atoms with van der Waals surface area (Å²) in [5.74, 6) is 0. The summed E-state index contributed by atoms with van der Waals surface area (Å²) < 4.78 is 30.2. The van der Waals surface area contributed by atoms with Gasteiger partial charge in [0, 0.05) is 0 Å². The second-order valence-corrected chi connectivity index (χ2v) is 0.325. The predicted octanol–water partition coefficient (Wildman–Crippen LogP) is 1.17. The van der Waals surface area contributed by atoms with E-state index in [9.17, 15) is 13.3 Å². The summed E-state index contributed by atoms with van der Waals surface area (Å²) in [6.07, 6.45) is -2.54. The molecule has 0 aromatic heterocycles. The van der Waals surface area contributed by atoms with E-state index in [0.29, 0.717) is 0 Å². The van der Waals surface area contributed by atoms with E-state index in [-0.39, 0.29) is 0 Å². The molecule has 0 heterocycles. The Balaban J connectivity index is 3.14. The first-order chi connectivity index (χ1) is 2.27. The quantitative estimate of drug-likeness (QED) is 0.390. The summed E-state index contributed by atoms with van der Waals surface area (Å²) in [6.45, 7) is 0. The zero-order valence-corrected chi connectivity index (χ0v) is 2.08. The number of hydrogen-bond acceptors (Lipinski definition) is 1. The van der Waals surface area contributed by atoms with Crippen molar-refractivity contribution in [1.82, 2.24) is 0 Å². The Hall–Kier alpha value is -0.540. The molecule has 0 aromatic carbocycles. The molecule has 0 aliphatic heterocycles. The van der Waals surface area contributed by atoms with Crippen LogP contribution in [0.1, 0.15) is 0 Å². The molecule has 0 unspecified atom stereocenters. The second kappa shape index (κ2) is 1.75. The van der Waals surface area contributed by atoms with Gasteiger partial charge in [-0.15, -0.1) is 8.78 Å². The van der Waals surface area contributed by atoms with Crippen LogP contribution in [-0.4, -0.2) is 6.22 Å². The average molecular weight is 83.0 g/mol. The first-order valence-corrected chi connectivity index (χ1v) is 0.771. The third-order valence-electron chi connectivity index (χ3n) is 0.0639. The maximum Gasteiger partial charge on any atom is 0.391 e. The zero-order chi connectivity index (χ0) is 4.28. The lowest BCUT2D eigenvalue weighted by Gasteiger charge is -1.57. The van der Waals surface area contributed by atoms with E-state index in [2.05, 4.69) is 0 Å². The van der Waals surface area contributed by atoms with Crippen LogP contribution in [-0.2, 0) is 0 Å². The van der Waals surface area contributed by atoms with Gasteiger partial charge in [0.25, 0.3) is 0 Å². The van der Waals surface area contributed by atoms with Gasteiger partial charge in [-0.25, -0.2) is 0 Å². The summed E-state index contributed by atoms with van der Waals surface area (Å²) in [5, 5.41) is 0.972. The molecule has 0 saturated heterocycles. The lowest BCUT2D eigenvalue weighted by Crippen LogP contribution is -1.63. The van der Waals surface area contributed by atoms with Crippen molar-refractivity contribution in [2.24, 2.45) is 5.21 Å². The SMILES string of the molecule is FN=C(F)F. The van der Waals surface area contributed by atoms with E-state index in [4.69, 9.17) is 0 Å². The molecule has 0 aromatic rings. The smallest absolute Gasteiger partial charge is 0.148 e. The van der Waals surface area contributed by atoms with Crippen molar-refractivity contribution in [3.8, 4) is 0 Å². The first-order valence-electron chi connectivity index (χ1n) is 0.771. The van der Waals surface area contributed by atoms with Gasteiger partial charge in [0.2, 0.25) is 0 Å². The van der Waals surface area contributed by atoms with Crippen molar-refractivity contribution in [1.29, 1.82) is 0 Å². The Kier molecular flexibility index (Phi) is 1.56. The maximum absolute atomic E-state index is 10.1. The standard InChI is InChI=1S/CF3N/c2-1(3)5-4. The highest BCUT2D eigenvalue weighted by molar-refractivity contribution is 5.62. The molecule has 0 amide bonds. The first kappa shape index (κ1) is 4.46. The van der Waals surface area contributed by atoms with Crippen LogP contribution < -0.4 is 0 Å². The third kappa shape index (κ3) is 3.46. The number of hydrogen-bond donors (Lipinski definition) is 0. The Morgan fingerprint density at radius 2 is 1.60 bits per heavy atom. The fraction of sp³-hybridized carbons (Fsp3) is 0. The predicted molar refractivity (Wildman–Crippen MR) is 10.8 cm³/mol. The topological polar surface area (TPSA) is 12.4 Å². The molecule has 5 heavy (non-hydrogen) atoms. The minimum absolute atomic E-state index is 0.972. The molecule has 4 heteroatoms. The minimum atomic E-state index is -2.54. The Morgan fingerprint density at radius 1 is 1.40 bits per heavy atom. The molecule has 0 spiro atoms. The molecule has 0 bridgehead atoms. The number of rotatable bonds is 0. The molecular formula is CF3N.